The smallest absolute Gasteiger partial charge is 0.191 e. The first-order valence-electron chi connectivity index (χ1n) is 8.36. The average Bonchev–Trinajstić information content (AvgIpc) is 2.96. The largest absolute Gasteiger partial charge is 0.357 e. The third-order valence-electron chi connectivity index (χ3n) is 4.04. The number of hydrogen-bond acceptors (Lipinski definition) is 4. The van der Waals surface area contributed by atoms with Gasteiger partial charge in [0.2, 0.25) is 0 Å². The Morgan fingerprint density at radius 1 is 1.16 bits per heavy atom. The fourth-order valence-electron chi connectivity index (χ4n) is 2.65. The molecule has 6 nitrogen and oxygen atoms in total. The van der Waals surface area contributed by atoms with Crippen molar-refractivity contribution in [2.24, 2.45) is 12.0 Å². The van der Waals surface area contributed by atoms with Crippen LogP contribution in [0.3, 0.4) is 0 Å². The summed E-state index contributed by atoms with van der Waals surface area (Å²) in [6, 6.07) is 0. The van der Waals surface area contributed by atoms with Gasteiger partial charge in [-0.2, -0.15) is 5.10 Å². The van der Waals surface area contributed by atoms with Crippen molar-refractivity contribution in [1.29, 1.82) is 0 Å². The molecular weight excluding hydrogens is 447 g/mol. The van der Waals surface area contributed by atoms with E-state index in [1.165, 1.54) is 16.1 Å². The summed E-state index contributed by atoms with van der Waals surface area (Å²) in [4.78, 5) is 10.5. The van der Waals surface area contributed by atoms with E-state index in [0.29, 0.717) is 6.54 Å². The Morgan fingerprint density at radius 3 is 2.40 bits per heavy atom. The van der Waals surface area contributed by atoms with Gasteiger partial charge < -0.3 is 10.6 Å². The first-order chi connectivity index (χ1) is 11.4. The molecule has 0 radical (unpaired) electrons. The van der Waals surface area contributed by atoms with E-state index in [2.05, 4.69) is 48.4 Å². The number of hydrogen-bond donors (Lipinski definition) is 2. The van der Waals surface area contributed by atoms with Crippen molar-refractivity contribution >= 4 is 41.3 Å². The minimum Gasteiger partial charge on any atom is -0.357 e. The van der Waals surface area contributed by atoms with Crippen molar-refractivity contribution in [1.82, 2.24) is 25.4 Å². The number of guanidine groups is 1. The van der Waals surface area contributed by atoms with Crippen molar-refractivity contribution < 1.29 is 0 Å². The second-order valence-electron chi connectivity index (χ2n) is 5.89. The summed E-state index contributed by atoms with van der Waals surface area (Å²) < 4.78 is 1.91. The molecule has 25 heavy (non-hydrogen) atoms. The molecule has 2 rings (SSSR count). The summed E-state index contributed by atoms with van der Waals surface area (Å²) >= 11 is 1.77. The molecule has 0 aromatic carbocycles. The quantitative estimate of drug-likeness (QED) is 0.382. The standard InChI is InChI=1S/C17H28N6S.HI/c1-7-18-17(19-9-8-16-12(3)21-14(5)24-16)20-10-15-11(2)22-23(6)13(15)4;/h7-10H2,1-6H3,(H2,18,19,20);1H. The molecule has 140 valence electrons. The summed E-state index contributed by atoms with van der Waals surface area (Å²) in [6.07, 6.45) is 0.965. The molecule has 0 amide bonds. The summed E-state index contributed by atoms with van der Waals surface area (Å²) in [5.41, 5.74) is 4.56. The van der Waals surface area contributed by atoms with Gasteiger partial charge in [-0.15, -0.1) is 35.3 Å². The topological polar surface area (TPSA) is 67.1 Å². The van der Waals surface area contributed by atoms with Crippen molar-refractivity contribution in [2.75, 3.05) is 13.1 Å². The van der Waals surface area contributed by atoms with Gasteiger partial charge in [0.25, 0.3) is 0 Å². The molecule has 0 saturated carbocycles. The lowest BCUT2D eigenvalue weighted by molar-refractivity contribution is 0.730. The molecule has 0 aliphatic rings. The third-order valence-corrected chi connectivity index (χ3v) is 5.18. The fraction of sp³-hybridized carbons (Fsp3) is 0.588. The van der Waals surface area contributed by atoms with Gasteiger partial charge in [0.05, 0.1) is 22.9 Å². The number of rotatable bonds is 6. The molecule has 0 spiro atoms. The number of nitrogens with zero attached hydrogens (tertiary/aromatic N) is 4. The number of thiazole rings is 1. The Balaban J connectivity index is 0.00000312. The van der Waals surface area contributed by atoms with Crippen LogP contribution in [0.15, 0.2) is 4.99 Å². The molecule has 0 bridgehead atoms. The minimum atomic E-state index is 0. The summed E-state index contributed by atoms with van der Waals surface area (Å²) in [5, 5.41) is 12.3. The van der Waals surface area contributed by atoms with Gasteiger partial charge in [0.1, 0.15) is 0 Å². The van der Waals surface area contributed by atoms with Gasteiger partial charge in [-0.05, 0) is 34.6 Å². The Labute approximate surface area is 171 Å². The fourth-order valence-corrected chi connectivity index (χ4v) is 3.58. The SMILES string of the molecule is CCNC(=NCc1c(C)nn(C)c1C)NCCc1sc(C)nc1C.I. The van der Waals surface area contributed by atoms with E-state index in [1.807, 2.05) is 18.7 Å². The van der Waals surface area contributed by atoms with E-state index in [4.69, 9.17) is 4.99 Å². The van der Waals surface area contributed by atoms with Crippen molar-refractivity contribution in [3.8, 4) is 0 Å². The van der Waals surface area contributed by atoms with Crippen LogP contribution in [0, 0.1) is 27.7 Å². The number of aliphatic imine (C=N–C) groups is 1. The Bertz CT molecular complexity index is 719. The van der Waals surface area contributed by atoms with E-state index in [1.54, 1.807) is 11.3 Å². The lowest BCUT2D eigenvalue weighted by Crippen LogP contribution is -2.38. The van der Waals surface area contributed by atoms with E-state index < -0.39 is 0 Å². The zero-order chi connectivity index (χ0) is 17.7. The van der Waals surface area contributed by atoms with Crippen LogP contribution in [-0.2, 0) is 20.0 Å². The van der Waals surface area contributed by atoms with Crippen molar-refractivity contribution in [2.45, 2.75) is 47.6 Å². The first kappa shape index (κ1) is 21.9. The predicted molar refractivity (Wildman–Crippen MR) is 116 cm³/mol. The molecule has 0 saturated heterocycles. The van der Waals surface area contributed by atoms with Gasteiger partial charge in [0, 0.05) is 42.7 Å². The lowest BCUT2D eigenvalue weighted by atomic mass is 10.2. The highest BCUT2D eigenvalue weighted by molar-refractivity contribution is 14.0. The highest BCUT2D eigenvalue weighted by Gasteiger charge is 2.09. The van der Waals surface area contributed by atoms with Crippen LogP contribution in [0.5, 0.6) is 0 Å². The molecule has 0 fully saturated rings. The van der Waals surface area contributed by atoms with Gasteiger partial charge >= 0.3 is 0 Å². The van der Waals surface area contributed by atoms with Crippen LogP contribution in [0.2, 0.25) is 0 Å². The predicted octanol–water partition coefficient (Wildman–Crippen LogP) is 3.03. The molecule has 0 atom stereocenters. The molecule has 2 N–H and O–H groups in total. The molecule has 0 aliphatic heterocycles. The normalized spacial score (nSPS) is 11.4. The van der Waals surface area contributed by atoms with Gasteiger partial charge in [-0.25, -0.2) is 9.98 Å². The maximum absolute atomic E-state index is 4.71. The summed E-state index contributed by atoms with van der Waals surface area (Å²) in [7, 11) is 1.97. The number of nitrogens with one attached hydrogen (secondary N) is 2. The average molecular weight is 476 g/mol. The molecule has 0 aliphatic carbocycles. The van der Waals surface area contributed by atoms with Crippen LogP contribution < -0.4 is 10.6 Å². The van der Waals surface area contributed by atoms with E-state index in [9.17, 15) is 0 Å². The van der Waals surface area contributed by atoms with Gasteiger partial charge in [-0.1, -0.05) is 0 Å². The van der Waals surface area contributed by atoms with Gasteiger partial charge in [0.15, 0.2) is 5.96 Å². The lowest BCUT2D eigenvalue weighted by Gasteiger charge is -2.11. The van der Waals surface area contributed by atoms with Crippen molar-refractivity contribution in [3.63, 3.8) is 0 Å². The molecule has 8 heteroatoms. The summed E-state index contributed by atoms with van der Waals surface area (Å²) in [6.45, 7) is 12.7. The monoisotopic (exact) mass is 476 g/mol. The van der Waals surface area contributed by atoms with E-state index >= 15 is 0 Å². The first-order valence-corrected chi connectivity index (χ1v) is 9.18. The zero-order valence-electron chi connectivity index (χ0n) is 15.9. The van der Waals surface area contributed by atoms with Gasteiger partial charge in [-0.3, -0.25) is 4.68 Å². The second kappa shape index (κ2) is 10.1. The highest BCUT2D eigenvalue weighted by atomic mass is 127. The van der Waals surface area contributed by atoms with Crippen LogP contribution >= 0.6 is 35.3 Å². The molecule has 2 aromatic rings. The minimum absolute atomic E-state index is 0. The maximum Gasteiger partial charge on any atom is 0.191 e. The molecule has 0 unspecified atom stereocenters. The second-order valence-corrected chi connectivity index (χ2v) is 7.17. The van der Waals surface area contributed by atoms with Crippen LogP contribution in [-0.4, -0.2) is 33.8 Å². The van der Waals surface area contributed by atoms with Crippen LogP contribution in [0.1, 0.15) is 39.5 Å². The Morgan fingerprint density at radius 2 is 1.88 bits per heavy atom. The molecular formula is C17H29IN6S. The van der Waals surface area contributed by atoms with Crippen LogP contribution in [0.25, 0.3) is 0 Å². The number of aryl methyl sites for hydroxylation is 4. The highest BCUT2D eigenvalue weighted by Crippen LogP contribution is 2.17. The van der Waals surface area contributed by atoms with E-state index in [0.717, 1.165) is 41.9 Å². The third kappa shape index (κ3) is 5.95. The Hall–Kier alpha value is -1.16. The number of halogens is 1. The zero-order valence-corrected chi connectivity index (χ0v) is 19.1. The van der Waals surface area contributed by atoms with E-state index in [-0.39, 0.29) is 24.0 Å². The van der Waals surface area contributed by atoms with Crippen molar-refractivity contribution in [3.05, 3.63) is 32.5 Å². The molecule has 2 heterocycles. The van der Waals surface area contributed by atoms with Crippen LogP contribution in [0.4, 0.5) is 0 Å². The summed E-state index contributed by atoms with van der Waals surface area (Å²) in [5.74, 6) is 0.846. The number of aromatic nitrogens is 3. The molecule has 2 aromatic heterocycles. The Kier molecular flexibility index (Phi) is 8.84. The maximum atomic E-state index is 4.71.